The highest BCUT2D eigenvalue weighted by molar-refractivity contribution is 5.79. The van der Waals surface area contributed by atoms with E-state index in [2.05, 4.69) is 4.74 Å². The fraction of sp³-hybridized carbons (Fsp3) is 0.909. The van der Waals surface area contributed by atoms with Gasteiger partial charge < -0.3 is 9.84 Å². The molecular weight excluding hydrogens is 218 g/mol. The SMILES string of the molecule is CCOC(=O)C(F)(F)C1(O)CCC(CC)C1. The molecule has 1 rings (SSSR count). The van der Waals surface area contributed by atoms with E-state index in [0.717, 1.165) is 6.42 Å². The molecular formula is C11H18F2O3. The van der Waals surface area contributed by atoms with Crippen molar-refractivity contribution in [1.29, 1.82) is 0 Å². The zero-order valence-corrected chi connectivity index (χ0v) is 9.63. The average molecular weight is 236 g/mol. The van der Waals surface area contributed by atoms with Gasteiger partial charge >= 0.3 is 11.9 Å². The molecule has 0 aromatic rings. The molecule has 0 saturated heterocycles. The van der Waals surface area contributed by atoms with E-state index in [1.165, 1.54) is 6.92 Å². The third-order valence-corrected chi connectivity index (χ3v) is 3.29. The Hall–Kier alpha value is -0.710. The number of hydrogen-bond donors (Lipinski definition) is 1. The van der Waals surface area contributed by atoms with Crippen molar-refractivity contribution in [2.24, 2.45) is 5.92 Å². The number of carbonyl (C=O) groups excluding carboxylic acids is 1. The van der Waals surface area contributed by atoms with Crippen LogP contribution in [-0.4, -0.2) is 29.2 Å². The zero-order valence-electron chi connectivity index (χ0n) is 9.63. The van der Waals surface area contributed by atoms with Gasteiger partial charge in [-0.2, -0.15) is 8.78 Å². The molecule has 0 bridgehead atoms. The minimum Gasteiger partial charge on any atom is -0.461 e. The van der Waals surface area contributed by atoms with Gasteiger partial charge in [-0.1, -0.05) is 13.3 Å². The number of alkyl halides is 2. The minimum atomic E-state index is -3.80. The van der Waals surface area contributed by atoms with Crippen LogP contribution in [0.1, 0.15) is 39.5 Å². The summed E-state index contributed by atoms with van der Waals surface area (Å²) in [5, 5.41) is 9.87. The number of hydrogen-bond acceptors (Lipinski definition) is 3. The third-order valence-electron chi connectivity index (χ3n) is 3.29. The Morgan fingerprint density at radius 3 is 2.62 bits per heavy atom. The number of carbonyl (C=O) groups is 1. The number of halogens is 2. The predicted octanol–water partition coefficient (Wildman–Crippen LogP) is 2.13. The average Bonchev–Trinajstić information content (AvgIpc) is 2.62. The van der Waals surface area contributed by atoms with E-state index in [4.69, 9.17) is 0 Å². The van der Waals surface area contributed by atoms with Crippen molar-refractivity contribution >= 4 is 5.97 Å². The van der Waals surface area contributed by atoms with Gasteiger partial charge in [0.15, 0.2) is 0 Å². The normalized spacial score (nSPS) is 30.4. The summed E-state index contributed by atoms with van der Waals surface area (Å²) in [4.78, 5) is 11.1. The van der Waals surface area contributed by atoms with E-state index < -0.39 is 17.5 Å². The van der Waals surface area contributed by atoms with E-state index >= 15 is 0 Å². The quantitative estimate of drug-likeness (QED) is 0.760. The summed E-state index contributed by atoms with van der Waals surface area (Å²) in [5.41, 5.74) is -2.22. The van der Waals surface area contributed by atoms with E-state index in [1.807, 2.05) is 6.92 Å². The first-order valence-corrected chi connectivity index (χ1v) is 5.64. The predicted molar refractivity (Wildman–Crippen MR) is 54.2 cm³/mol. The lowest BCUT2D eigenvalue weighted by atomic mass is 9.92. The first-order chi connectivity index (χ1) is 7.37. The molecule has 1 fully saturated rings. The van der Waals surface area contributed by atoms with Crippen molar-refractivity contribution in [3.05, 3.63) is 0 Å². The molecule has 0 aromatic heterocycles. The van der Waals surface area contributed by atoms with Crippen molar-refractivity contribution in [3.8, 4) is 0 Å². The van der Waals surface area contributed by atoms with E-state index in [9.17, 15) is 18.7 Å². The molecule has 0 spiro atoms. The highest BCUT2D eigenvalue weighted by Gasteiger charge is 2.61. The Kier molecular flexibility index (Phi) is 3.88. The van der Waals surface area contributed by atoms with Gasteiger partial charge in [-0.15, -0.1) is 0 Å². The van der Waals surface area contributed by atoms with Crippen LogP contribution in [0.3, 0.4) is 0 Å². The molecule has 0 heterocycles. The van der Waals surface area contributed by atoms with Crippen molar-refractivity contribution in [1.82, 2.24) is 0 Å². The van der Waals surface area contributed by atoms with Crippen molar-refractivity contribution in [2.45, 2.75) is 51.1 Å². The van der Waals surface area contributed by atoms with Crippen LogP contribution >= 0.6 is 0 Å². The molecule has 0 radical (unpaired) electrons. The smallest absolute Gasteiger partial charge is 0.380 e. The summed E-state index contributed by atoms with van der Waals surface area (Å²) in [6, 6.07) is 0. The molecule has 16 heavy (non-hydrogen) atoms. The van der Waals surface area contributed by atoms with Crippen molar-refractivity contribution in [2.75, 3.05) is 6.61 Å². The summed E-state index contributed by atoms with van der Waals surface area (Å²) in [6.45, 7) is 3.24. The van der Waals surface area contributed by atoms with E-state index in [-0.39, 0.29) is 25.4 Å². The monoisotopic (exact) mass is 236 g/mol. The van der Waals surface area contributed by atoms with E-state index in [1.54, 1.807) is 0 Å². The number of ether oxygens (including phenoxy) is 1. The second-order valence-corrected chi connectivity index (χ2v) is 4.34. The Morgan fingerprint density at radius 1 is 1.56 bits per heavy atom. The topological polar surface area (TPSA) is 46.5 Å². The number of rotatable bonds is 4. The first-order valence-electron chi connectivity index (χ1n) is 5.64. The van der Waals surface area contributed by atoms with Crippen LogP contribution in [0.4, 0.5) is 8.78 Å². The Balaban J connectivity index is 2.78. The molecule has 2 atom stereocenters. The van der Waals surface area contributed by atoms with Crippen LogP contribution in [0.25, 0.3) is 0 Å². The maximum atomic E-state index is 13.7. The molecule has 5 heteroatoms. The molecule has 1 aliphatic carbocycles. The standard InChI is InChI=1S/C11H18F2O3/c1-3-8-5-6-10(15,7-8)11(12,13)9(14)16-4-2/h8,15H,3-7H2,1-2H3. The maximum Gasteiger partial charge on any atom is 0.380 e. The van der Waals surface area contributed by atoms with Gasteiger partial charge in [0.1, 0.15) is 5.60 Å². The van der Waals surface area contributed by atoms with Crippen LogP contribution in [0, 0.1) is 5.92 Å². The molecule has 0 aliphatic heterocycles. The Labute approximate surface area is 93.8 Å². The highest BCUT2D eigenvalue weighted by atomic mass is 19.3. The second-order valence-electron chi connectivity index (χ2n) is 4.34. The summed E-state index contributed by atoms with van der Waals surface area (Å²) < 4.78 is 31.7. The lowest BCUT2D eigenvalue weighted by molar-refractivity contribution is -0.212. The van der Waals surface area contributed by atoms with Crippen LogP contribution in [0.15, 0.2) is 0 Å². The molecule has 1 N–H and O–H groups in total. The Morgan fingerprint density at radius 2 is 2.19 bits per heavy atom. The highest BCUT2D eigenvalue weighted by Crippen LogP contribution is 2.46. The Bertz CT molecular complexity index is 268. The number of aliphatic hydroxyl groups is 1. The van der Waals surface area contributed by atoms with Crippen LogP contribution in [0.2, 0.25) is 0 Å². The van der Waals surface area contributed by atoms with E-state index in [0.29, 0.717) is 6.42 Å². The van der Waals surface area contributed by atoms with Crippen LogP contribution < -0.4 is 0 Å². The van der Waals surface area contributed by atoms with Crippen molar-refractivity contribution < 1.29 is 23.4 Å². The van der Waals surface area contributed by atoms with Gasteiger partial charge in [0.25, 0.3) is 0 Å². The summed E-state index contributed by atoms with van der Waals surface area (Å²) in [7, 11) is 0. The summed E-state index contributed by atoms with van der Waals surface area (Å²) >= 11 is 0. The number of esters is 1. The van der Waals surface area contributed by atoms with Gasteiger partial charge in [0.05, 0.1) is 6.61 Å². The van der Waals surface area contributed by atoms with Crippen LogP contribution in [-0.2, 0) is 9.53 Å². The van der Waals surface area contributed by atoms with Crippen LogP contribution in [0.5, 0.6) is 0 Å². The second kappa shape index (κ2) is 4.65. The molecule has 3 nitrogen and oxygen atoms in total. The molecule has 1 aliphatic rings. The molecule has 1 saturated carbocycles. The minimum absolute atomic E-state index is 0.0324. The molecule has 0 aromatic carbocycles. The lowest BCUT2D eigenvalue weighted by Gasteiger charge is -2.30. The van der Waals surface area contributed by atoms with Gasteiger partial charge in [-0.3, -0.25) is 0 Å². The summed E-state index contributed by atoms with van der Waals surface area (Å²) in [5.74, 6) is -5.35. The van der Waals surface area contributed by atoms with Crippen molar-refractivity contribution in [3.63, 3.8) is 0 Å². The van der Waals surface area contributed by atoms with Gasteiger partial charge in [0.2, 0.25) is 0 Å². The zero-order chi connectivity index (χ0) is 12.4. The summed E-state index contributed by atoms with van der Waals surface area (Å²) in [6.07, 6.45) is 1.19. The van der Waals surface area contributed by atoms with Gasteiger partial charge in [-0.05, 0) is 32.1 Å². The lowest BCUT2D eigenvalue weighted by Crippen LogP contribution is -2.52. The van der Waals surface area contributed by atoms with Gasteiger partial charge in [-0.25, -0.2) is 4.79 Å². The molecule has 94 valence electrons. The fourth-order valence-corrected chi connectivity index (χ4v) is 2.17. The largest absolute Gasteiger partial charge is 0.461 e. The van der Waals surface area contributed by atoms with Gasteiger partial charge in [0, 0.05) is 0 Å². The maximum absolute atomic E-state index is 13.7. The molecule has 2 unspecified atom stereocenters. The molecule has 0 amide bonds. The third kappa shape index (κ3) is 2.19. The first kappa shape index (κ1) is 13.4. The fourth-order valence-electron chi connectivity index (χ4n) is 2.17.